The van der Waals surface area contributed by atoms with E-state index in [-0.39, 0.29) is 12.8 Å². The fourth-order valence-electron chi connectivity index (χ4n) is 3.35. The van der Waals surface area contributed by atoms with Gasteiger partial charge in [0.25, 0.3) is 0 Å². The van der Waals surface area contributed by atoms with E-state index in [0.717, 1.165) is 13.0 Å². The molecule has 2 atom stereocenters. The molecule has 0 aromatic carbocycles. The maximum absolute atomic E-state index is 13.1. The molecule has 4 heteroatoms. The van der Waals surface area contributed by atoms with Gasteiger partial charge in [0.1, 0.15) is 5.72 Å². The molecule has 3 fully saturated rings. The van der Waals surface area contributed by atoms with E-state index in [4.69, 9.17) is 4.74 Å². The highest BCUT2D eigenvalue weighted by atomic mass is 19.3. The second kappa shape index (κ2) is 3.64. The lowest BCUT2D eigenvalue weighted by atomic mass is 9.86. The molecule has 1 saturated heterocycles. The summed E-state index contributed by atoms with van der Waals surface area (Å²) in [5, 5.41) is 3.39. The van der Waals surface area contributed by atoms with Gasteiger partial charge in [-0.15, -0.1) is 0 Å². The van der Waals surface area contributed by atoms with Crippen LogP contribution in [0, 0.1) is 5.92 Å². The van der Waals surface area contributed by atoms with Crippen molar-refractivity contribution in [1.29, 1.82) is 0 Å². The van der Waals surface area contributed by atoms with Crippen molar-refractivity contribution >= 4 is 0 Å². The SMILES string of the molecule is FC1(F)CCC2(CC1)NCC1CCCC1O2. The molecule has 1 aliphatic heterocycles. The summed E-state index contributed by atoms with van der Waals surface area (Å²) >= 11 is 0. The standard InChI is InChI=1S/C12H19F2NO/c13-11(14)4-6-12(7-5-11)15-8-9-2-1-3-10(9)16-12/h9-10,15H,1-8H2. The highest BCUT2D eigenvalue weighted by Crippen LogP contribution is 2.44. The van der Waals surface area contributed by atoms with Gasteiger partial charge in [-0.1, -0.05) is 6.42 Å². The van der Waals surface area contributed by atoms with Crippen molar-refractivity contribution in [1.82, 2.24) is 5.32 Å². The molecule has 3 rings (SSSR count). The molecule has 0 amide bonds. The molecule has 2 aliphatic carbocycles. The van der Waals surface area contributed by atoms with Crippen molar-refractivity contribution in [3.05, 3.63) is 0 Å². The van der Waals surface area contributed by atoms with Crippen LogP contribution < -0.4 is 5.32 Å². The predicted octanol–water partition coefficient (Wildman–Crippen LogP) is 2.68. The molecule has 1 N–H and O–H groups in total. The number of ether oxygens (including phenoxy) is 1. The minimum atomic E-state index is -2.47. The van der Waals surface area contributed by atoms with Gasteiger partial charge >= 0.3 is 0 Å². The largest absolute Gasteiger partial charge is 0.357 e. The van der Waals surface area contributed by atoms with E-state index < -0.39 is 11.6 Å². The molecular weight excluding hydrogens is 212 g/mol. The average Bonchev–Trinajstić information content (AvgIpc) is 2.70. The zero-order valence-electron chi connectivity index (χ0n) is 9.48. The Morgan fingerprint density at radius 3 is 2.56 bits per heavy atom. The van der Waals surface area contributed by atoms with E-state index in [2.05, 4.69) is 5.32 Å². The summed E-state index contributed by atoms with van der Waals surface area (Å²) in [6.07, 6.45) is 4.76. The molecule has 2 saturated carbocycles. The number of alkyl halides is 2. The molecular formula is C12H19F2NO. The Balaban J connectivity index is 1.67. The lowest BCUT2D eigenvalue weighted by Gasteiger charge is -2.47. The van der Waals surface area contributed by atoms with Crippen LogP contribution in [0.4, 0.5) is 8.78 Å². The van der Waals surface area contributed by atoms with E-state index in [1.165, 1.54) is 12.8 Å². The Labute approximate surface area is 94.7 Å². The average molecular weight is 231 g/mol. The quantitative estimate of drug-likeness (QED) is 0.692. The zero-order valence-corrected chi connectivity index (χ0v) is 9.48. The van der Waals surface area contributed by atoms with Crippen molar-refractivity contribution in [2.24, 2.45) is 5.92 Å². The molecule has 0 aromatic rings. The number of fused-ring (bicyclic) bond motifs is 1. The third kappa shape index (κ3) is 1.86. The summed E-state index contributed by atoms with van der Waals surface area (Å²) < 4.78 is 32.3. The minimum Gasteiger partial charge on any atom is -0.357 e. The van der Waals surface area contributed by atoms with E-state index in [1.54, 1.807) is 0 Å². The van der Waals surface area contributed by atoms with Gasteiger partial charge in [-0.25, -0.2) is 8.78 Å². The van der Waals surface area contributed by atoms with E-state index in [9.17, 15) is 8.78 Å². The van der Waals surface area contributed by atoms with Crippen LogP contribution in [0.5, 0.6) is 0 Å². The van der Waals surface area contributed by atoms with Crippen LogP contribution in [0.3, 0.4) is 0 Å². The van der Waals surface area contributed by atoms with Crippen LogP contribution in [0.15, 0.2) is 0 Å². The van der Waals surface area contributed by atoms with Gasteiger partial charge in [-0.2, -0.15) is 0 Å². The van der Waals surface area contributed by atoms with Crippen molar-refractivity contribution in [3.63, 3.8) is 0 Å². The lowest BCUT2D eigenvalue weighted by Crippen LogP contribution is -2.59. The van der Waals surface area contributed by atoms with Crippen LogP contribution >= 0.6 is 0 Å². The van der Waals surface area contributed by atoms with Crippen molar-refractivity contribution in [2.45, 2.75) is 62.7 Å². The van der Waals surface area contributed by atoms with Gasteiger partial charge < -0.3 is 4.74 Å². The van der Waals surface area contributed by atoms with Crippen molar-refractivity contribution in [2.75, 3.05) is 6.54 Å². The number of halogens is 2. The smallest absolute Gasteiger partial charge is 0.248 e. The first-order valence-electron chi connectivity index (χ1n) is 6.39. The first-order chi connectivity index (χ1) is 7.59. The van der Waals surface area contributed by atoms with E-state index in [1.807, 2.05) is 0 Å². The first-order valence-corrected chi connectivity index (χ1v) is 6.39. The third-order valence-corrected chi connectivity index (χ3v) is 4.44. The Morgan fingerprint density at radius 1 is 1.06 bits per heavy atom. The number of nitrogens with one attached hydrogen (secondary N) is 1. The van der Waals surface area contributed by atoms with Crippen LogP contribution in [-0.4, -0.2) is 24.3 Å². The molecule has 0 aromatic heterocycles. The topological polar surface area (TPSA) is 21.3 Å². The highest BCUT2D eigenvalue weighted by Gasteiger charge is 2.49. The Kier molecular flexibility index (Phi) is 2.48. The van der Waals surface area contributed by atoms with Gasteiger partial charge in [0.05, 0.1) is 6.10 Å². The fraction of sp³-hybridized carbons (Fsp3) is 1.00. The molecule has 3 aliphatic rings. The van der Waals surface area contributed by atoms with Gasteiger partial charge in [-0.05, 0) is 31.6 Å². The summed E-state index contributed by atoms with van der Waals surface area (Å²) in [6, 6.07) is 0. The normalized spacial score (nSPS) is 40.9. The summed E-state index contributed by atoms with van der Waals surface area (Å²) in [5.74, 6) is -1.85. The minimum absolute atomic E-state index is 0.0304. The number of hydrogen-bond donors (Lipinski definition) is 1. The van der Waals surface area contributed by atoms with Crippen LogP contribution in [-0.2, 0) is 4.74 Å². The van der Waals surface area contributed by atoms with Gasteiger partial charge in [0.15, 0.2) is 0 Å². The number of hydrogen-bond acceptors (Lipinski definition) is 2. The molecule has 2 nitrogen and oxygen atoms in total. The van der Waals surface area contributed by atoms with Gasteiger partial charge in [-0.3, -0.25) is 5.32 Å². The summed E-state index contributed by atoms with van der Waals surface area (Å²) in [5.41, 5.74) is -0.423. The van der Waals surface area contributed by atoms with Crippen molar-refractivity contribution < 1.29 is 13.5 Å². The third-order valence-electron chi connectivity index (χ3n) is 4.44. The first kappa shape index (κ1) is 10.9. The van der Waals surface area contributed by atoms with E-state index >= 15 is 0 Å². The van der Waals surface area contributed by atoms with Gasteiger partial charge in [0, 0.05) is 19.4 Å². The molecule has 16 heavy (non-hydrogen) atoms. The van der Waals surface area contributed by atoms with E-state index in [0.29, 0.717) is 24.9 Å². The molecule has 0 radical (unpaired) electrons. The second-order valence-corrected chi connectivity index (χ2v) is 5.58. The molecule has 0 bridgehead atoms. The number of rotatable bonds is 0. The highest BCUT2D eigenvalue weighted by molar-refractivity contribution is 4.95. The summed E-state index contributed by atoms with van der Waals surface area (Å²) in [4.78, 5) is 0. The van der Waals surface area contributed by atoms with Gasteiger partial charge in [0.2, 0.25) is 5.92 Å². The Hall–Kier alpha value is -0.220. The maximum atomic E-state index is 13.1. The zero-order chi connectivity index (χ0) is 11.2. The summed E-state index contributed by atoms with van der Waals surface area (Å²) in [6.45, 7) is 0.955. The predicted molar refractivity (Wildman–Crippen MR) is 56.4 cm³/mol. The summed E-state index contributed by atoms with van der Waals surface area (Å²) in [7, 11) is 0. The Bertz CT molecular complexity index is 272. The molecule has 2 unspecified atom stereocenters. The molecule has 92 valence electrons. The lowest BCUT2D eigenvalue weighted by molar-refractivity contribution is -0.199. The van der Waals surface area contributed by atoms with Crippen molar-refractivity contribution in [3.8, 4) is 0 Å². The maximum Gasteiger partial charge on any atom is 0.248 e. The monoisotopic (exact) mass is 231 g/mol. The molecule has 1 spiro atoms. The Morgan fingerprint density at radius 2 is 1.81 bits per heavy atom. The van der Waals surface area contributed by atoms with Crippen LogP contribution in [0.1, 0.15) is 44.9 Å². The van der Waals surface area contributed by atoms with Crippen LogP contribution in [0.2, 0.25) is 0 Å². The van der Waals surface area contributed by atoms with Crippen LogP contribution in [0.25, 0.3) is 0 Å². The molecule has 1 heterocycles. The fourth-order valence-corrected chi connectivity index (χ4v) is 3.35. The second-order valence-electron chi connectivity index (χ2n) is 5.58.